The maximum Gasteiger partial charge on any atom is 0.0961 e. The van der Waals surface area contributed by atoms with Gasteiger partial charge in [0.2, 0.25) is 0 Å². The quantitative estimate of drug-likeness (QED) is 0.392. The Balaban J connectivity index is 1.99. The van der Waals surface area contributed by atoms with E-state index in [0.717, 1.165) is 17.6 Å². The van der Waals surface area contributed by atoms with Crippen molar-refractivity contribution in [3.63, 3.8) is 0 Å². The molecule has 3 rings (SSSR count). The molecule has 0 radical (unpaired) electrons. The third-order valence-corrected chi connectivity index (χ3v) is 2.96. The van der Waals surface area contributed by atoms with Gasteiger partial charge < -0.3 is 4.57 Å². The molecule has 0 unspecified atom stereocenters. The van der Waals surface area contributed by atoms with Crippen LogP contribution in [0.3, 0.4) is 0 Å². The fraction of sp³-hybridized carbons (Fsp3) is 0.0714. The van der Waals surface area contributed by atoms with Gasteiger partial charge in [-0.3, -0.25) is 0 Å². The Bertz CT molecular complexity index is 754. The van der Waals surface area contributed by atoms with E-state index in [2.05, 4.69) is 31.7 Å². The van der Waals surface area contributed by atoms with Crippen molar-refractivity contribution in [1.29, 1.82) is 0 Å². The molecule has 0 saturated heterocycles. The van der Waals surface area contributed by atoms with Gasteiger partial charge in [-0.25, -0.2) is 4.98 Å². The third-order valence-electron chi connectivity index (χ3n) is 2.96. The minimum atomic E-state index is 0.583. The number of imidazole rings is 1. The summed E-state index contributed by atoms with van der Waals surface area (Å²) in [6, 6.07) is 15.7. The van der Waals surface area contributed by atoms with E-state index in [-0.39, 0.29) is 0 Å². The van der Waals surface area contributed by atoms with Gasteiger partial charge >= 0.3 is 0 Å². The Morgan fingerprint density at radius 3 is 2.79 bits per heavy atom. The van der Waals surface area contributed by atoms with Gasteiger partial charge in [0.15, 0.2) is 0 Å². The molecule has 1 aromatic heterocycles. The van der Waals surface area contributed by atoms with Crippen molar-refractivity contribution >= 4 is 16.7 Å². The van der Waals surface area contributed by atoms with Crippen LogP contribution in [0.2, 0.25) is 0 Å². The number of benzene rings is 2. The molecule has 0 atom stereocenters. The maximum absolute atomic E-state index is 8.42. The topological polar surface area (TPSA) is 66.6 Å². The second-order valence-corrected chi connectivity index (χ2v) is 4.22. The molecule has 0 bridgehead atoms. The number of nitrogens with zero attached hydrogens (tertiary/aromatic N) is 5. The molecule has 0 N–H and O–H groups in total. The molecule has 0 amide bonds. The molecule has 2 aromatic carbocycles. The van der Waals surface area contributed by atoms with E-state index in [0.29, 0.717) is 5.69 Å². The average molecular weight is 249 g/mol. The van der Waals surface area contributed by atoms with Crippen molar-refractivity contribution in [2.75, 3.05) is 0 Å². The normalized spacial score (nSPS) is 10.3. The fourth-order valence-electron chi connectivity index (χ4n) is 2.07. The van der Waals surface area contributed by atoms with Crippen LogP contribution in [-0.2, 0) is 6.54 Å². The number of rotatable bonds is 3. The first-order valence-corrected chi connectivity index (χ1v) is 5.91. The van der Waals surface area contributed by atoms with Gasteiger partial charge in [-0.05, 0) is 23.2 Å². The summed E-state index contributed by atoms with van der Waals surface area (Å²) in [5, 5.41) is 3.58. The second-order valence-electron chi connectivity index (χ2n) is 4.22. The maximum atomic E-state index is 8.42. The van der Waals surface area contributed by atoms with Crippen LogP contribution in [0.15, 0.2) is 60.0 Å². The molecule has 3 aromatic rings. The predicted molar refractivity (Wildman–Crippen MR) is 74.1 cm³/mol. The molecule has 92 valence electrons. The van der Waals surface area contributed by atoms with Crippen LogP contribution >= 0.6 is 0 Å². The minimum absolute atomic E-state index is 0.583. The summed E-state index contributed by atoms with van der Waals surface area (Å²) in [5.41, 5.74) is 12.1. The van der Waals surface area contributed by atoms with Gasteiger partial charge in [-0.2, -0.15) is 0 Å². The van der Waals surface area contributed by atoms with E-state index in [1.165, 1.54) is 5.56 Å². The highest BCUT2D eigenvalue weighted by Gasteiger charge is 2.03. The fourth-order valence-corrected chi connectivity index (χ4v) is 2.07. The van der Waals surface area contributed by atoms with Crippen LogP contribution in [0.25, 0.3) is 21.5 Å². The predicted octanol–water partition coefficient (Wildman–Crippen LogP) is 4.03. The summed E-state index contributed by atoms with van der Waals surface area (Å²) in [6.07, 6.45) is 1.80. The van der Waals surface area contributed by atoms with Gasteiger partial charge in [-0.1, -0.05) is 41.5 Å². The van der Waals surface area contributed by atoms with E-state index in [1.54, 1.807) is 18.5 Å². The van der Waals surface area contributed by atoms with Crippen LogP contribution in [0.4, 0.5) is 5.69 Å². The highest BCUT2D eigenvalue weighted by molar-refractivity contribution is 5.78. The van der Waals surface area contributed by atoms with E-state index in [9.17, 15) is 0 Å². The zero-order valence-corrected chi connectivity index (χ0v) is 10.1. The Hall–Kier alpha value is -2.78. The van der Waals surface area contributed by atoms with Crippen molar-refractivity contribution in [3.8, 4) is 0 Å². The molecule has 0 fully saturated rings. The summed E-state index contributed by atoms with van der Waals surface area (Å²) in [5.74, 6) is 0. The number of azide groups is 1. The lowest BCUT2D eigenvalue weighted by Crippen LogP contribution is -1.97. The monoisotopic (exact) mass is 249 g/mol. The van der Waals surface area contributed by atoms with Crippen LogP contribution < -0.4 is 0 Å². The van der Waals surface area contributed by atoms with Gasteiger partial charge in [0.1, 0.15) is 0 Å². The van der Waals surface area contributed by atoms with E-state index in [4.69, 9.17) is 5.53 Å². The van der Waals surface area contributed by atoms with Crippen molar-refractivity contribution in [2.24, 2.45) is 5.11 Å². The number of aromatic nitrogens is 2. The lowest BCUT2D eigenvalue weighted by Gasteiger charge is -2.04. The number of fused-ring (bicyclic) bond motifs is 1. The van der Waals surface area contributed by atoms with Crippen LogP contribution in [0, 0.1) is 0 Å². The molecule has 0 spiro atoms. The molecule has 1 heterocycles. The standard InChI is InChI=1S/C14H11N5/c15-18-17-12-6-7-14-13(8-12)16-10-19(14)9-11-4-2-1-3-5-11/h1-8,10H,9H2. The summed E-state index contributed by atoms with van der Waals surface area (Å²) >= 11 is 0. The van der Waals surface area contributed by atoms with Crippen molar-refractivity contribution in [1.82, 2.24) is 9.55 Å². The van der Waals surface area contributed by atoms with Crippen LogP contribution in [0.5, 0.6) is 0 Å². The molecular weight excluding hydrogens is 238 g/mol. The van der Waals surface area contributed by atoms with E-state index < -0.39 is 0 Å². The first-order valence-electron chi connectivity index (χ1n) is 5.91. The summed E-state index contributed by atoms with van der Waals surface area (Å²) < 4.78 is 2.07. The van der Waals surface area contributed by atoms with Crippen molar-refractivity contribution in [3.05, 3.63) is 70.9 Å². The molecule has 19 heavy (non-hydrogen) atoms. The van der Waals surface area contributed by atoms with Gasteiger partial charge in [0, 0.05) is 17.1 Å². The number of hydrogen-bond donors (Lipinski definition) is 0. The highest BCUT2D eigenvalue weighted by atomic mass is 15.1. The Labute approximate surface area is 109 Å². The van der Waals surface area contributed by atoms with Crippen molar-refractivity contribution < 1.29 is 0 Å². The van der Waals surface area contributed by atoms with Crippen LogP contribution in [-0.4, -0.2) is 9.55 Å². The number of hydrogen-bond acceptors (Lipinski definition) is 2. The highest BCUT2D eigenvalue weighted by Crippen LogP contribution is 2.21. The van der Waals surface area contributed by atoms with E-state index >= 15 is 0 Å². The third kappa shape index (κ3) is 2.27. The zero-order chi connectivity index (χ0) is 13.1. The van der Waals surface area contributed by atoms with Gasteiger partial charge in [0.25, 0.3) is 0 Å². The SMILES string of the molecule is [N-]=[N+]=Nc1ccc2c(c1)ncn2Cc1ccccc1. The largest absolute Gasteiger partial charge is 0.326 e. The first-order chi connectivity index (χ1) is 9.36. The summed E-state index contributed by atoms with van der Waals surface area (Å²) in [6.45, 7) is 0.776. The second kappa shape index (κ2) is 4.84. The summed E-state index contributed by atoms with van der Waals surface area (Å²) in [4.78, 5) is 7.12. The van der Waals surface area contributed by atoms with E-state index in [1.807, 2.05) is 24.3 Å². The lowest BCUT2D eigenvalue weighted by atomic mass is 10.2. The first kappa shape index (κ1) is 11.3. The molecule has 0 aliphatic carbocycles. The molecule has 5 heteroatoms. The van der Waals surface area contributed by atoms with Crippen molar-refractivity contribution in [2.45, 2.75) is 6.54 Å². The molecule has 0 aliphatic heterocycles. The smallest absolute Gasteiger partial charge is 0.0961 e. The van der Waals surface area contributed by atoms with Gasteiger partial charge in [0.05, 0.1) is 17.4 Å². The summed E-state index contributed by atoms with van der Waals surface area (Å²) in [7, 11) is 0. The molecular formula is C14H11N5. The average Bonchev–Trinajstić information content (AvgIpc) is 2.83. The molecule has 0 saturated carbocycles. The lowest BCUT2D eigenvalue weighted by molar-refractivity contribution is 0.824. The Morgan fingerprint density at radius 1 is 1.16 bits per heavy atom. The Morgan fingerprint density at radius 2 is 2.00 bits per heavy atom. The van der Waals surface area contributed by atoms with Crippen LogP contribution in [0.1, 0.15) is 5.56 Å². The minimum Gasteiger partial charge on any atom is -0.326 e. The zero-order valence-electron chi connectivity index (χ0n) is 10.1. The van der Waals surface area contributed by atoms with Gasteiger partial charge in [-0.15, -0.1) is 0 Å². The molecule has 0 aliphatic rings. The Kier molecular flexibility index (Phi) is 2.88. The molecule has 5 nitrogen and oxygen atoms in total.